The van der Waals surface area contributed by atoms with Crippen LogP contribution in [0.25, 0.3) is 0 Å². The lowest BCUT2D eigenvalue weighted by Crippen LogP contribution is -2.47. The largest absolute Gasteiger partial charge is 0.355 e. The molecule has 2 aromatic rings. The fourth-order valence-corrected chi connectivity index (χ4v) is 2.71. The maximum Gasteiger partial charge on any atom is 0.242 e. The summed E-state index contributed by atoms with van der Waals surface area (Å²) in [4.78, 5) is 24.0. The molecule has 26 heavy (non-hydrogen) atoms. The van der Waals surface area contributed by atoms with E-state index in [1.807, 2.05) is 44.2 Å². The summed E-state index contributed by atoms with van der Waals surface area (Å²) >= 11 is 0. The van der Waals surface area contributed by atoms with Gasteiger partial charge in [0.25, 0.3) is 0 Å². The van der Waals surface area contributed by atoms with Gasteiger partial charge in [-0.25, -0.2) is 0 Å². The van der Waals surface area contributed by atoms with Crippen molar-refractivity contribution < 1.29 is 9.59 Å². The van der Waals surface area contributed by atoms with Gasteiger partial charge in [-0.05, 0) is 31.9 Å². The first kappa shape index (κ1) is 19.7. The molecule has 2 atom stereocenters. The second kappa shape index (κ2) is 9.73. The van der Waals surface area contributed by atoms with Crippen LogP contribution in [0.15, 0.2) is 54.6 Å². The van der Waals surface area contributed by atoms with Crippen molar-refractivity contribution in [3.8, 4) is 0 Å². The maximum atomic E-state index is 12.2. The number of hydrogen-bond acceptors (Lipinski definition) is 3. The highest BCUT2D eigenvalue weighted by Gasteiger charge is 2.18. The predicted octanol–water partition coefficient (Wildman–Crippen LogP) is 2.31. The molecule has 2 amide bonds. The monoisotopic (exact) mass is 353 g/mol. The van der Waals surface area contributed by atoms with Gasteiger partial charge < -0.3 is 10.6 Å². The van der Waals surface area contributed by atoms with E-state index in [4.69, 9.17) is 0 Å². The quantitative estimate of drug-likeness (QED) is 0.682. The molecule has 0 aliphatic carbocycles. The molecule has 2 aromatic carbocycles. The summed E-state index contributed by atoms with van der Waals surface area (Å²) in [5.74, 6) is -0.393. The summed E-state index contributed by atoms with van der Waals surface area (Å²) < 4.78 is 0. The van der Waals surface area contributed by atoms with E-state index in [9.17, 15) is 9.59 Å². The average molecular weight is 353 g/mol. The van der Waals surface area contributed by atoms with Crippen molar-refractivity contribution in [3.05, 3.63) is 71.3 Å². The van der Waals surface area contributed by atoms with Crippen LogP contribution in [0.5, 0.6) is 0 Å². The molecule has 0 unspecified atom stereocenters. The van der Waals surface area contributed by atoms with Crippen LogP contribution in [0.1, 0.15) is 36.6 Å². The molecule has 0 aliphatic rings. The first-order valence-electron chi connectivity index (χ1n) is 8.93. The molecule has 0 aliphatic heterocycles. The zero-order chi connectivity index (χ0) is 18.9. The molecule has 0 radical (unpaired) electrons. The van der Waals surface area contributed by atoms with Crippen molar-refractivity contribution >= 4 is 11.8 Å². The van der Waals surface area contributed by atoms with Crippen LogP contribution in [0, 0.1) is 6.92 Å². The van der Waals surface area contributed by atoms with Gasteiger partial charge in [-0.3, -0.25) is 14.9 Å². The first-order valence-corrected chi connectivity index (χ1v) is 8.93. The summed E-state index contributed by atoms with van der Waals surface area (Å²) in [6.07, 6.45) is 0. The lowest BCUT2D eigenvalue weighted by molar-refractivity contribution is -0.128. The standard InChI is InChI=1S/C21H27N3O2/c1-4-22-21(26)16(3)24-19(25)14-23-20(17-8-6-5-7-9-17)18-12-10-15(2)11-13-18/h5-13,16,20,23H,4,14H2,1-3H3,(H,22,26)(H,24,25)/t16-,20+/m1/s1. The molecule has 0 spiro atoms. The van der Waals surface area contributed by atoms with Gasteiger partial charge in [0.1, 0.15) is 6.04 Å². The molecule has 0 aromatic heterocycles. The van der Waals surface area contributed by atoms with E-state index in [1.54, 1.807) is 6.92 Å². The van der Waals surface area contributed by atoms with E-state index in [0.717, 1.165) is 11.1 Å². The predicted molar refractivity (Wildman–Crippen MR) is 104 cm³/mol. The number of carbonyl (C=O) groups excluding carboxylic acids is 2. The molecular formula is C21H27N3O2. The van der Waals surface area contributed by atoms with Gasteiger partial charge in [0.15, 0.2) is 0 Å². The number of likely N-dealkylation sites (N-methyl/N-ethyl adjacent to an activating group) is 1. The summed E-state index contributed by atoms with van der Waals surface area (Å²) in [5, 5.41) is 8.72. The van der Waals surface area contributed by atoms with Gasteiger partial charge in [-0.15, -0.1) is 0 Å². The van der Waals surface area contributed by atoms with Crippen LogP contribution in [-0.4, -0.2) is 30.9 Å². The van der Waals surface area contributed by atoms with Gasteiger partial charge in [-0.2, -0.15) is 0 Å². The van der Waals surface area contributed by atoms with Crippen LogP contribution >= 0.6 is 0 Å². The highest BCUT2D eigenvalue weighted by Crippen LogP contribution is 2.22. The van der Waals surface area contributed by atoms with Crippen LogP contribution < -0.4 is 16.0 Å². The second-order valence-corrected chi connectivity index (χ2v) is 6.32. The minimum absolute atomic E-state index is 0.0951. The minimum Gasteiger partial charge on any atom is -0.355 e. The Morgan fingerprint density at radius 1 is 0.962 bits per heavy atom. The number of benzene rings is 2. The fraction of sp³-hybridized carbons (Fsp3) is 0.333. The van der Waals surface area contributed by atoms with Crippen molar-refractivity contribution in [1.82, 2.24) is 16.0 Å². The van der Waals surface area contributed by atoms with Crippen LogP contribution in [-0.2, 0) is 9.59 Å². The van der Waals surface area contributed by atoms with E-state index in [2.05, 4.69) is 40.2 Å². The van der Waals surface area contributed by atoms with Crippen LogP contribution in [0.4, 0.5) is 0 Å². The highest BCUT2D eigenvalue weighted by atomic mass is 16.2. The Hall–Kier alpha value is -2.66. The van der Waals surface area contributed by atoms with Crippen LogP contribution in [0.3, 0.4) is 0 Å². The number of aryl methyl sites for hydroxylation is 1. The minimum atomic E-state index is -0.557. The Kier molecular flexibility index (Phi) is 7.36. The Labute approximate surface area is 155 Å². The van der Waals surface area contributed by atoms with Gasteiger partial charge in [0.2, 0.25) is 11.8 Å². The van der Waals surface area contributed by atoms with Crippen molar-refractivity contribution in [1.29, 1.82) is 0 Å². The summed E-state index contributed by atoms with van der Waals surface area (Å²) in [5.41, 5.74) is 3.36. The molecular weight excluding hydrogens is 326 g/mol. The molecule has 0 bridgehead atoms. The van der Waals surface area contributed by atoms with E-state index in [1.165, 1.54) is 5.56 Å². The number of nitrogens with one attached hydrogen (secondary N) is 3. The summed E-state index contributed by atoms with van der Waals surface area (Å²) in [6, 6.07) is 17.6. The zero-order valence-electron chi connectivity index (χ0n) is 15.6. The Morgan fingerprint density at radius 3 is 2.19 bits per heavy atom. The summed E-state index contributed by atoms with van der Waals surface area (Å²) in [6.45, 7) is 6.24. The topological polar surface area (TPSA) is 70.2 Å². The highest BCUT2D eigenvalue weighted by molar-refractivity contribution is 5.87. The molecule has 0 saturated carbocycles. The number of rotatable bonds is 8. The first-order chi connectivity index (χ1) is 12.5. The lowest BCUT2D eigenvalue weighted by Gasteiger charge is -2.21. The third kappa shape index (κ3) is 5.70. The number of hydrogen-bond donors (Lipinski definition) is 3. The van der Waals surface area contributed by atoms with Gasteiger partial charge in [-0.1, -0.05) is 60.2 Å². The van der Waals surface area contributed by atoms with E-state index in [0.29, 0.717) is 6.54 Å². The number of amides is 2. The van der Waals surface area contributed by atoms with Crippen molar-refractivity contribution in [2.24, 2.45) is 0 Å². The third-order valence-corrected chi connectivity index (χ3v) is 4.13. The van der Waals surface area contributed by atoms with Gasteiger partial charge >= 0.3 is 0 Å². The van der Waals surface area contributed by atoms with Crippen molar-refractivity contribution in [2.75, 3.05) is 13.1 Å². The summed E-state index contributed by atoms with van der Waals surface area (Å²) in [7, 11) is 0. The molecule has 3 N–H and O–H groups in total. The smallest absolute Gasteiger partial charge is 0.242 e. The molecule has 138 valence electrons. The van der Waals surface area contributed by atoms with Crippen molar-refractivity contribution in [3.63, 3.8) is 0 Å². The molecule has 5 heteroatoms. The SMILES string of the molecule is CCNC(=O)[C@@H](C)NC(=O)CN[C@@H](c1ccccc1)c1ccc(C)cc1. The molecule has 2 rings (SSSR count). The lowest BCUT2D eigenvalue weighted by atomic mass is 9.98. The zero-order valence-corrected chi connectivity index (χ0v) is 15.6. The maximum absolute atomic E-state index is 12.2. The van der Waals surface area contributed by atoms with Gasteiger partial charge in [0.05, 0.1) is 12.6 Å². The van der Waals surface area contributed by atoms with Gasteiger partial charge in [0, 0.05) is 6.54 Å². The van der Waals surface area contributed by atoms with Crippen molar-refractivity contribution in [2.45, 2.75) is 32.9 Å². The number of carbonyl (C=O) groups is 2. The Balaban J connectivity index is 2.04. The molecule has 5 nitrogen and oxygen atoms in total. The molecule has 0 saturated heterocycles. The fourth-order valence-electron chi connectivity index (χ4n) is 2.71. The van der Waals surface area contributed by atoms with Crippen LogP contribution in [0.2, 0.25) is 0 Å². The second-order valence-electron chi connectivity index (χ2n) is 6.32. The third-order valence-electron chi connectivity index (χ3n) is 4.13. The molecule has 0 fully saturated rings. The van der Waals surface area contributed by atoms with E-state index >= 15 is 0 Å². The Bertz CT molecular complexity index is 714. The average Bonchev–Trinajstić information content (AvgIpc) is 2.64. The Morgan fingerprint density at radius 2 is 1.58 bits per heavy atom. The molecule has 0 heterocycles. The normalized spacial score (nSPS) is 12.9. The van der Waals surface area contributed by atoms with E-state index < -0.39 is 6.04 Å². The van der Waals surface area contributed by atoms with E-state index in [-0.39, 0.29) is 24.4 Å².